The SMILES string of the molecule is Cc1nc(Oc2ccc(NC(=O)c3ccno3)cc2)cc(-n2cccc2)n1. The van der Waals surface area contributed by atoms with Crippen LogP contribution in [0, 0.1) is 6.92 Å². The standard InChI is InChI=1S/C19H15N5O3/c1-13-21-17(24-10-2-3-11-24)12-18(22-13)26-15-6-4-14(5-7-15)23-19(25)16-8-9-20-27-16/h2-12H,1H3,(H,23,25). The second-order valence-corrected chi connectivity index (χ2v) is 5.66. The van der Waals surface area contributed by atoms with E-state index in [2.05, 4.69) is 20.4 Å². The van der Waals surface area contributed by atoms with Gasteiger partial charge in [-0.05, 0) is 43.3 Å². The van der Waals surface area contributed by atoms with E-state index in [0.717, 1.165) is 5.82 Å². The number of anilines is 1. The molecule has 4 aromatic rings. The highest BCUT2D eigenvalue weighted by molar-refractivity contribution is 6.02. The summed E-state index contributed by atoms with van der Waals surface area (Å²) < 4.78 is 12.5. The van der Waals surface area contributed by atoms with Crippen LogP contribution in [0.2, 0.25) is 0 Å². The van der Waals surface area contributed by atoms with Crippen molar-refractivity contribution in [1.82, 2.24) is 19.7 Å². The summed E-state index contributed by atoms with van der Waals surface area (Å²) in [6, 6.07) is 14.0. The van der Waals surface area contributed by atoms with E-state index in [-0.39, 0.29) is 11.7 Å². The molecule has 27 heavy (non-hydrogen) atoms. The van der Waals surface area contributed by atoms with Gasteiger partial charge in [-0.1, -0.05) is 5.16 Å². The summed E-state index contributed by atoms with van der Waals surface area (Å²) >= 11 is 0. The lowest BCUT2D eigenvalue weighted by Gasteiger charge is -2.09. The van der Waals surface area contributed by atoms with Crippen LogP contribution in [0.4, 0.5) is 5.69 Å². The van der Waals surface area contributed by atoms with Crippen LogP contribution in [0.3, 0.4) is 0 Å². The number of aryl methyl sites for hydroxylation is 1. The van der Waals surface area contributed by atoms with E-state index in [1.807, 2.05) is 36.0 Å². The summed E-state index contributed by atoms with van der Waals surface area (Å²) in [7, 11) is 0. The third-order valence-electron chi connectivity index (χ3n) is 3.67. The van der Waals surface area contributed by atoms with Gasteiger partial charge in [-0.15, -0.1) is 0 Å². The molecule has 1 aromatic carbocycles. The van der Waals surface area contributed by atoms with Gasteiger partial charge in [0.2, 0.25) is 11.6 Å². The fourth-order valence-corrected chi connectivity index (χ4v) is 2.45. The number of hydrogen-bond donors (Lipinski definition) is 1. The molecule has 1 N–H and O–H groups in total. The Labute approximate surface area is 154 Å². The maximum absolute atomic E-state index is 11.9. The van der Waals surface area contributed by atoms with Crippen LogP contribution in [0.25, 0.3) is 5.82 Å². The average Bonchev–Trinajstić information content (AvgIpc) is 3.37. The number of nitrogens with zero attached hydrogens (tertiary/aromatic N) is 4. The molecule has 4 rings (SSSR count). The Morgan fingerprint density at radius 3 is 2.59 bits per heavy atom. The number of benzene rings is 1. The zero-order valence-electron chi connectivity index (χ0n) is 14.4. The van der Waals surface area contributed by atoms with Crippen molar-refractivity contribution in [2.45, 2.75) is 6.92 Å². The highest BCUT2D eigenvalue weighted by atomic mass is 16.5. The van der Waals surface area contributed by atoms with E-state index in [1.165, 1.54) is 12.3 Å². The summed E-state index contributed by atoms with van der Waals surface area (Å²) in [5.41, 5.74) is 0.607. The maximum atomic E-state index is 11.9. The second kappa shape index (κ2) is 7.12. The van der Waals surface area contributed by atoms with E-state index >= 15 is 0 Å². The zero-order valence-corrected chi connectivity index (χ0v) is 14.4. The van der Waals surface area contributed by atoms with Crippen molar-refractivity contribution in [2.75, 3.05) is 5.32 Å². The Morgan fingerprint density at radius 2 is 1.89 bits per heavy atom. The van der Waals surface area contributed by atoms with E-state index in [0.29, 0.717) is 23.1 Å². The van der Waals surface area contributed by atoms with Gasteiger partial charge in [-0.2, -0.15) is 4.98 Å². The second-order valence-electron chi connectivity index (χ2n) is 5.66. The molecule has 0 atom stereocenters. The molecule has 0 bridgehead atoms. The highest BCUT2D eigenvalue weighted by Gasteiger charge is 2.10. The molecule has 8 nitrogen and oxygen atoms in total. The summed E-state index contributed by atoms with van der Waals surface area (Å²) in [5.74, 6) is 2.12. The molecular formula is C19H15N5O3. The van der Waals surface area contributed by atoms with Crippen LogP contribution in [0.15, 0.2) is 71.6 Å². The van der Waals surface area contributed by atoms with Crippen LogP contribution in [0.5, 0.6) is 11.6 Å². The van der Waals surface area contributed by atoms with Gasteiger partial charge < -0.3 is 19.1 Å². The third-order valence-corrected chi connectivity index (χ3v) is 3.67. The molecule has 1 amide bonds. The summed E-state index contributed by atoms with van der Waals surface area (Å²) in [6.07, 6.45) is 5.21. The predicted molar refractivity (Wildman–Crippen MR) is 97.1 cm³/mol. The van der Waals surface area contributed by atoms with Gasteiger partial charge in [0.05, 0.1) is 6.20 Å². The first kappa shape index (κ1) is 16.5. The molecule has 0 radical (unpaired) electrons. The van der Waals surface area contributed by atoms with E-state index in [1.54, 1.807) is 30.3 Å². The smallest absolute Gasteiger partial charge is 0.294 e. The van der Waals surface area contributed by atoms with Crippen molar-refractivity contribution in [3.8, 4) is 17.4 Å². The van der Waals surface area contributed by atoms with Gasteiger partial charge in [-0.3, -0.25) is 4.79 Å². The average molecular weight is 361 g/mol. The summed E-state index contributed by atoms with van der Waals surface area (Å²) in [5, 5.41) is 6.22. The van der Waals surface area contributed by atoms with Crippen molar-refractivity contribution in [1.29, 1.82) is 0 Å². The molecule has 134 valence electrons. The molecule has 0 aliphatic rings. The normalized spacial score (nSPS) is 10.6. The van der Waals surface area contributed by atoms with E-state index < -0.39 is 0 Å². The number of nitrogens with one attached hydrogen (secondary N) is 1. The van der Waals surface area contributed by atoms with Gasteiger partial charge in [0.25, 0.3) is 5.91 Å². The van der Waals surface area contributed by atoms with Crippen LogP contribution < -0.4 is 10.1 Å². The number of rotatable bonds is 5. The van der Waals surface area contributed by atoms with E-state index in [9.17, 15) is 4.79 Å². The molecule has 8 heteroatoms. The first-order valence-corrected chi connectivity index (χ1v) is 8.16. The molecule has 3 aromatic heterocycles. The molecule has 0 spiro atoms. The van der Waals surface area contributed by atoms with Crippen molar-refractivity contribution in [2.24, 2.45) is 0 Å². The zero-order chi connectivity index (χ0) is 18.6. The molecule has 0 fully saturated rings. The summed E-state index contributed by atoms with van der Waals surface area (Å²) in [6.45, 7) is 1.81. The number of amides is 1. The largest absolute Gasteiger partial charge is 0.439 e. The summed E-state index contributed by atoms with van der Waals surface area (Å²) in [4.78, 5) is 20.7. The molecule has 0 saturated carbocycles. The minimum atomic E-state index is -0.371. The number of carbonyl (C=O) groups excluding carboxylic acids is 1. The first-order chi connectivity index (χ1) is 13.2. The number of ether oxygens (including phenoxy) is 1. The highest BCUT2D eigenvalue weighted by Crippen LogP contribution is 2.23. The molecule has 0 unspecified atom stereocenters. The third kappa shape index (κ3) is 3.84. The Bertz CT molecular complexity index is 1040. The molecule has 3 heterocycles. The van der Waals surface area contributed by atoms with Crippen molar-refractivity contribution in [3.63, 3.8) is 0 Å². The minimum absolute atomic E-state index is 0.143. The van der Waals surface area contributed by atoms with Gasteiger partial charge in [0, 0.05) is 30.2 Å². The molecule has 0 saturated heterocycles. The Morgan fingerprint density at radius 1 is 1.11 bits per heavy atom. The monoisotopic (exact) mass is 361 g/mol. The number of aromatic nitrogens is 4. The number of carbonyl (C=O) groups is 1. The lowest BCUT2D eigenvalue weighted by atomic mass is 10.3. The maximum Gasteiger partial charge on any atom is 0.294 e. The fraction of sp³-hybridized carbons (Fsp3) is 0.0526. The Hall–Kier alpha value is -3.94. The molecule has 0 aliphatic carbocycles. The Kier molecular flexibility index (Phi) is 4.36. The van der Waals surface area contributed by atoms with Crippen LogP contribution in [0.1, 0.15) is 16.4 Å². The molecular weight excluding hydrogens is 346 g/mol. The fourth-order valence-electron chi connectivity index (χ4n) is 2.45. The van der Waals surface area contributed by atoms with Crippen molar-refractivity contribution in [3.05, 3.63) is 78.7 Å². The first-order valence-electron chi connectivity index (χ1n) is 8.16. The topological polar surface area (TPSA) is 95.1 Å². The number of hydrogen-bond acceptors (Lipinski definition) is 6. The van der Waals surface area contributed by atoms with Crippen LogP contribution >= 0.6 is 0 Å². The predicted octanol–water partition coefficient (Wildman–Crippen LogP) is 3.61. The van der Waals surface area contributed by atoms with Crippen LogP contribution in [-0.4, -0.2) is 25.6 Å². The van der Waals surface area contributed by atoms with E-state index in [4.69, 9.17) is 9.26 Å². The van der Waals surface area contributed by atoms with Gasteiger partial charge in [0.1, 0.15) is 17.4 Å². The lowest BCUT2D eigenvalue weighted by molar-refractivity contribution is 0.0988. The van der Waals surface area contributed by atoms with Gasteiger partial charge in [0.15, 0.2) is 0 Å². The van der Waals surface area contributed by atoms with Gasteiger partial charge in [-0.25, -0.2) is 4.98 Å². The molecule has 0 aliphatic heterocycles. The minimum Gasteiger partial charge on any atom is -0.439 e. The van der Waals surface area contributed by atoms with Crippen LogP contribution in [-0.2, 0) is 0 Å². The van der Waals surface area contributed by atoms with Crippen molar-refractivity contribution >= 4 is 11.6 Å². The quantitative estimate of drug-likeness (QED) is 0.583. The lowest BCUT2D eigenvalue weighted by Crippen LogP contribution is -2.10. The van der Waals surface area contributed by atoms with Crippen molar-refractivity contribution < 1.29 is 14.1 Å². The Balaban J connectivity index is 1.48. The van der Waals surface area contributed by atoms with Gasteiger partial charge >= 0.3 is 0 Å².